The van der Waals surface area contributed by atoms with Crippen LogP contribution in [0.4, 0.5) is 0 Å². The van der Waals surface area contributed by atoms with Gasteiger partial charge < -0.3 is 10.0 Å². The van der Waals surface area contributed by atoms with E-state index >= 15 is 0 Å². The number of likely N-dealkylation sites (tertiary alicyclic amines) is 1. The number of carboxylic acids is 1. The summed E-state index contributed by atoms with van der Waals surface area (Å²) in [5, 5.41) is 8.88. The van der Waals surface area contributed by atoms with E-state index in [4.69, 9.17) is 5.11 Å². The first-order chi connectivity index (χ1) is 7.00. The van der Waals surface area contributed by atoms with Crippen LogP contribution in [-0.4, -0.2) is 35.0 Å². The van der Waals surface area contributed by atoms with Gasteiger partial charge in [0.25, 0.3) is 0 Å². The largest absolute Gasteiger partial charge is 0.481 e. The summed E-state index contributed by atoms with van der Waals surface area (Å²) in [4.78, 5) is 24.2. The Kier molecular flexibility index (Phi) is 4.12. The quantitative estimate of drug-likeness (QED) is 0.770. The second-order valence-corrected chi connectivity index (χ2v) is 4.62. The van der Waals surface area contributed by atoms with Crippen molar-refractivity contribution in [2.45, 2.75) is 33.1 Å². The van der Waals surface area contributed by atoms with Crippen LogP contribution < -0.4 is 0 Å². The van der Waals surface area contributed by atoms with Crippen molar-refractivity contribution in [3.63, 3.8) is 0 Å². The average Bonchev–Trinajstić information content (AvgIpc) is 2.17. The SMILES string of the molecule is CC(C)CC(=O)N1CCCC(C(=O)O)C1. The molecule has 0 aromatic rings. The first-order valence-electron chi connectivity index (χ1n) is 5.51. The van der Waals surface area contributed by atoms with Gasteiger partial charge >= 0.3 is 5.97 Å². The van der Waals surface area contributed by atoms with Gasteiger partial charge in [0.05, 0.1) is 5.92 Å². The lowest BCUT2D eigenvalue weighted by molar-refractivity contribution is -0.145. The number of carboxylic acid groups (broad SMARTS) is 1. The normalized spacial score (nSPS) is 21.8. The third-order valence-corrected chi connectivity index (χ3v) is 2.71. The van der Waals surface area contributed by atoms with Crippen LogP contribution in [0.2, 0.25) is 0 Å². The lowest BCUT2D eigenvalue weighted by Gasteiger charge is -2.31. The van der Waals surface area contributed by atoms with Crippen molar-refractivity contribution in [3.8, 4) is 0 Å². The molecular formula is C11H19NO3. The van der Waals surface area contributed by atoms with E-state index in [2.05, 4.69) is 0 Å². The number of hydrogen-bond donors (Lipinski definition) is 1. The molecule has 15 heavy (non-hydrogen) atoms. The third-order valence-electron chi connectivity index (χ3n) is 2.71. The summed E-state index contributed by atoms with van der Waals surface area (Å²) in [6.07, 6.45) is 2.02. The van der Waals surface area contributed by atoms with Gasteiger partial charge in [0.2, 0.25) is 5.91 Å². The molecule has 4 nitrogen and oxygen atoms in total. The van der Waals surface area contributed by atoms with E-state index in [1.54, 1.807) is 4.90 Å². The molecule has 1 atom stereocenters. The molecule has 1 fully saturated rings. The molecule has 1 saturated heterocycles. The van der Waals surface area contributed by atoms with Gasteiger partial charge in [-0.3, -0.25) is 9.59 Å². The Morgan fingerprint density at radius 2 is 2.13 bits per heavy atom. The van der Waals surface area contributed by atoms with Crippen molar-refractivity contribution in [1.82, 2.24) is 4.90 Å². The summed E-state index contributed by atoms with van der Waals surface area (Å²) in [6.45, 7) is 5.10. The van der Waals surface area contributed by atoms with E-state index in [0.29, 0.717) is 25.3 Å². The van der Waals surface area contributed by atoms with Crippen molar-refractivity contribution in [2.75, 3.05) is 13.1 Å². The lowest BCUT2D eigenvalue weighted by atomic mass is 9.97. The third kappa shape index (κ3) is 3.53. The minimum Gasteiger partial charge on any atom is -0.481 e. The fraction of sp³-hybridized carbons (Fsp3) is 0.818. The number of carbonyl (C=O) groups is 2. The average molecular weight is 213 g/mol. The van der Waals surface area contributed by atoms with Crippen LogP contribution in [0.25, 0.3) is 0 Å². The molecule has 4 heteroatoms. The number of aliphatic carboxylic acids is 1. The fourth-order valence-electron chi connectivity index (χ4n) is 1.88. The molecule has 0 saturated carbocycles. The molecule has 0 aromatic heterocycles. The zero-order chi connectivity index (χ0) is 11.4. The molecule has 86 valence electrons. The van der Waals surface area contributed by atoms with Gasteiger partial charge in [-0.2, -0.15) is 0 Å². The second kappa shape index (κ2) is 5.14. The number of nitrogens with zero attached hydrogens (tertiary/aromatic N) is 1. The molecule has 1 heterocycles. The zero-order valence-corrected chi connectivity index (χ0v) is 9.40. The predicted octanol–water partition coefficient (Wildman–Crippen LogP) is 1.36. The first-order valence-corrected chi connectivity index (χ1v) is 5.51. The summed E-state index contributed by atoms with van der Waals surface area (Å²) >= 11 is 0. The van der Waals surface area contributed by atoms with Crippen LogP contribution in [0.5, 0.6) is 0 Å². The second-order valence-electron chi connectivity index (χ2n) is 4.62. The highest BCUT2D eigenvalue weighted by atomic mass is 16.4. The Hall–Kier alpha value is -1.06. The maximum atomic E-state index is 11.7. The van der Waals surface area contributed by atoms with Gasteiger partial charge in [-0.15, -0.1) is 0 Å². The molecule has 1 aliphatic rings. The molecule has 1 amide bonds. The van der Waals surface area contributed by atoms with Gasteiger partial charge in [-0.25, -0.2) is 0 Å². The van der Waals surface area contributed by atoms with E-state index < -0.39 is 5.97 Å². The van der Waals surface area contributed by atoms with Gasteiger partial charge in [0, 0.05) is 19.5 Å². The number of hydrogen-bond acceptors (Lipinski definition) is 2. The highest BCUT2D eigenvalue weighted by Crippen LogP contribution is 2.18. The fourth-order valence-corrected chi connectivity index (χ4v) is 1.88. The van der Waals surface area contributed by atoms with E-state index in [9.17, 15) is 9.59 Å². The van der Waals surface area contributed by atoms with E-state index in [1.807, 2.05) is 13.8 Å². The van der Waals surface area contributed by atoms with Crippen LogP contribution in [0.15, 0.2) is 0 Å². The number of rotatable bonds is 3. The van der Waals surface area contributed by atoms with E-state index in [1.165, 1.54) is 0 Å². The van der Waals surface area contributed by atoms with Gasteiger partial charge in [-0.05, 0) is 18.8 Å². The van der Waals surface area contributed by atoms with Gasteiger partial charge in [0.1, 0.15) is 0 Å². The predicted molar refractivity (Wildman–Crippen MR) is 56.4 cm³/mol. The summed E-state index contributed by atoms with van der Waals surface area (Å²) in [7, 11) is 0. The van der Waals surface area contributed by atoms with Crippen LogP contribution in [0.1, 0.15) is 33.1 Å². The Bertz CT molecular complexity index is 250. The molecule has 1 unspecified atom stereocenters. The monoisotopic (exact) mass is 213 g/mol. The van der Waals surface area contributed by atoms with E-state index in [0.717, 1.165) is 13.0 Å². The summed E-state index contributed by atoms with van der Waals surface area (Å²) < 4.78 is 0. The Morgan fingerprint density at radius 1 is 1.47 bits per heavy atom. The molecule has 0 bridgehead atoms. The highest BCUT2D eigenvalue weighted by Gasteiger charge is 2.27. The molecule has 1 rings (SSSR count). The maximum absolute atomic E-state index is 11.7. The lowest BCUT2D eigenvalue weighted by Crippen LogP contribution is -2.42. The van der Waals surface area contributed by atoms with Crippen molar-refractivity contribution in [1.29, 1.82) is 0 Å². The zero-order valence-electron chi connectivity index (χ0n) is 9.40. The Balaban J connectivity index is 2.48. The minimum atomic E-state index is -0.781. The van der Waals surface area contributed by atoms with Crippen LogP contribution in [-0.2, 0) is 9.59 Å². The minimum absolute atomic E-state index is 0.0935. The smallest absolute Gasteiger partial charge is 0.308 e. The molecule has 0 spiro atoms. The topological polar surface area (TPSA) is 57.6 Å². The van der Waals surface area contributed by atoms with Crippen LogP contribution >= 0.6 is 0 Å². The van der Waals surface area contributed by atoms with Crippen LogP contribution in [0.3, 0.4) is 0 Å². The van der Waals surface area contributed by atoms with Crippen molar-refractivity contribution in [2.24, 2.45) is 11.8 Å². The summed E-state index contributed by atoms with van der Waals surface area (Å²) in [6, 6.07) is 0. The van der Waals surface area contributed by atoms with Crippen molar-refractivity contribution in [3.05, 3.63) is 0 Å². The van der Waals surface area contributed by atoms with Crippen molar-refractivity contribution < 1.29 is 14.7 Å². The van der Waals surface area contributed by atoms with Crippen LogP contribution in [0, 0.1) is 11.8 Å². The van der Waals surface area contributed by atoms with Gasteiger partial charge in [-0.1, -0.05) is 13.8 Å². The summed E-state index contributed by atoms with van der Waals surface area (Å²) in [5.41, 5.74) is 0. The molecule has 0 aromatic carbocycles. The van der Waals surface area contributed by atoms with Crippen molar-refractivity contribution >= 4 is 11.9 Å². The maximum Gasteiger partial charge on any atom is 0.308 e. The number of carbonyl (C=O) groups excluding carboxylic acids is 1. The molecule has 0 aliphatic carbocycles. The summed E-state index contributed by atoms with van der Waals surface area (Å²) in [5.74, 6) is -0.717. The first kappa shape index (κ1) is 12.0. The van der Waals surface area contributed by atoms with Gasteiger partial charge in [0.15, 0.2) is 0 Å². The molecule has 0 radical (unpaired) electrons. The standard InChI is InChI=1S/C11H19NO3/c1-8(2)6-10(13)12-5-3-4-9(7-12)11(14)15/h8-9H,3-7H2,1-2H3,(H,14,15). The Labute approximate surface area is 90.3 Å². The highest BCUT2D eigenvalue weighted by molar-refractivity contribution is 5.78. The Morgan fingerprint density at radius 3 is 2.67 bits per heavy atom. The van der Waals surface area contributed by atoms with E-state index in [-0.39, 0.29) is 11.8 Å². The molecule has 1 aliphatic heterocycles. The molecular weight excluding hydrogens is 194 g/mol. The number of piperidine rings is 1. The number of amides is 1. The molecule has 1 N–H and O–H groups in total.